The van der Waals surface area contributed by atoms with Gasteiger partial charge in [-0.2, -0.15) is 13.5 Å². The number of benzene rings is 2. The summed E-state index contributed by atoms with van der Waals surface area (Å²) in [6.07, 6.45) is 2.19. The van der Waals surface area contributed by atoms with Crippen molar-refractivity contribution in [1.82, 2.24) is 4.83 Å². The molecule has 128 valence electrons. The molecule has 0 unspecified atom stereocenters. The van der Waals surface area contributed by atoms with E-state index < -0.39 is 10.0 Å². The molecule has 0 bridgehead atoms. The average molecular weight is 348 g/mol. The van der Waals surface area contributed by atoms with E-state index in [1.807, 2.05) is 6.92 Å². The van der Waals surface area contributed by atoms with Gasteiger partial charge in [0.25, 0.3) is 10.0 Å². The van der Waals surface area contributed by atoms with E-state index in [4.69, 9.17) is 4.74 Å². The van der Waals surface area contributed by atoms with Gasteiger partial charge >= 0.3 is 0 Å². The second kappa shape index (κ2) is 7.83. The van der Waals surface area contributed by atoms with Crippen LogP contribution < -0.4 is 9.57 Å². The molecule has 0 amide bonds. The normalized spacial score (nSPS) is 11.6. The lowest BCUT2D eigenvalue weighted by atomic mass is 10.2. The maximum atomic E-state index is 12.2. The SMILES string of the molecule is CCOc1cc(C=NNS(=O)(=O)c2ccc(CC)cc2)ccc1O. The molecule has 6 nitrogen and oxygen atoms in total. The molecule has 24 heavy (non-hydrogen) atoms. The predicted octanol–water partition coefficient (Wildman–Crippen LogP) is 2.67. The van der Waals surface area contributed by atoms with Crippen molar-refractivity contribution in [3.63, 3.8) is 0 Å². The summed E-state index contributed by atoms with van der Waals surface area (Å²) in [7, 11) is -3.71. The molecule has 2 N–H and O–H groups in total. The van der Waals surface area contributed by atoms with Crippen molar-refractivity contribution in [2.45, 2.75) is 25.2 Å². The quantitative estimate of drug-likeness (QED) is 0.595. The van der Waals surface area contributed by atoms with E-state index in [1.54, 1.807) is 43.3 Å². The first kappa shape index (κ1) is 17.8. The third-order valence-corrected chi connectivity index (χ3v) is 4.55. The van der Waals surface area contributed by atoms with Gasteiger partial charge in [-0.15, -0.1) is 0 Å². The second-order valence-corrected chi connectivity index (χ2v) is 6.67. The molecule has 7 heteroatoms. The Morgan fingerprint density at radius 3 is 2.50 bits per heavy atom. The first-order chi connectivity index (χ1) is 11.5. The number of phenolic OH excluding ortho intramolecular Hbond substituents is 1. The number of hydrogen-bond donors (Lipinski definition) is 2. The summed E-state index contributed by atoms with van der Waals surface area (Å²) in [5, 5.41) is 13.4. The second-order valence-electron chi connectivity index (χ2n) is 5.01. The number of hydrazone groups is 1. The van der Waals surface area contributed by atoms with Crippen molar-refractivity contribution in [2.24, 2.45) is 5.10 Å². The molecule has 0 saturated carbocycles. The summed E-state index contributed by atoms with van der Waals surface area (Å²) < 4.78 is 29.6. The summed E-state index contributed by atoms with van der Waals surface area (Å²) in [6, 6.07) is 11.3. The van der Waals surface area contributed by atoms with Gasteiger partial charge in [-0.05, 0) is 54.8 Å². The molecule has 0 spiro atoms. The fourth-order valence-corrected chi connectivity index (χ4v) is 2.80. The van der Waals surface area contributed by atoms with Crippen LogP contribution in [0.4, 0.5) is 0 Å². The zero-order valence-electron chi connectivity index (χ0n) is 13.6. The Labute approximate surface area is 141 Å². The molecule has 0 fully saturated rings. The minimum Gasteiger partial charge on any atom is -0.504 e. The summed E-state index contributed by atoms with van der Waals surface area (Å²) in [5.41, 5.74) is 1.66. The largest absolute Gasteiger partial charge is 0.504 e. The summed E-state index contributed by atoms with van der Waals surface area (Å²) in [6.45, 7) is 4.22. The lowest BCUT2D eigenvalue weighted by Gasteiger charge is -2.06. The van der Waals surface area contributed by atoms with Crippen molar-refractivity contribution in [3.05, 3.63) is 53.6 Å². The van der Waals surface area contributed by atoms with Gasteiger partial charge in [0.2, 0.25) is 0 Å². The van der Waals surface area contributed by atoms with Crippen LogP contribution in [0.3, 0.4) is 0 Å². The molecule has 0 aliphatic rings. The number of aromatic hydroxyl groups is 1. The number of ether oxygens (including phenoxy) is 1. The van der Waals surface area contributed by atoms with E-state index >= 15 is 0 Å². The fourth-order valence-electron chi connectivity index (χ4n) is 2.01. The van der Waals surface area contributed by atoms with Gasteiger partial charge in [0.15, 0.2) is 11.5 Å². The standard InChI is InChI=1S/C17H20N2O4S/c1-3-13-5-8-15(9-6-13)24(21,22)19-18-12-14-7-10-16(20)17(11-14)23-4-2/h5-12,19-20H,3-4H2,1-2H3. The van der Waals surface area contributed by atoms with Crippen LogP contribution in [0.2, 0.25) is 0 Å². The van der Waals surface area contributed by atoms with E-state index in [-0.39, 0.29) is 10.6 Å². The molecule has 2 rings (SSSR count). The number of aryl methyl sites for hydroxylation is 1. The van der Waals surface area contributed by atoms with Crippen molar-refractivity contribution in [3.8, 4) is 11.5 Å². The van der Waals surface area contributed by atoms with Gasteiger partial charge in [-0.3, -0.25) is 0 Å². The van der Waals surface area contributed by atoms with Gasteiger partial charge in [0.05, 0.1) is 17.7 Å². The molecule has 2 aromatic rings. The number of phenols is 1. The average Bonchev–Trinajstić information content (AvgIpc) is 2.58. The van der Waals surface area contributed by atoms with Gasteiger partial charge in [-0.25, -0.2) is 4.83 Å². The summed E-state index contributed by atoms with van der Waals surface area (Å²) in [5.74, 6) is 0.338. The lowest BCUT2D eigenvalue weighted by Crippen LogP contribution is -2.18. The van der Waals surface area contributed by atoms with E-state index in [9.17, 15) is 13.5 Å². The Kier molecular flexibility index (Phi) is 5.81. The number of nitrogens with zero attached hydrogens (tertiary/aromatic N) is 1. The third-order valence-electron chi connectivity index (χ3n) is 3.31. The minimum absolute atomic E-state index is 0.0191. The van der Waals surface area contributed by atoms with Crippen LogP contribution in [0.5, 0.6) is 11.5 Å². The molecule has 0 heterocycles. The van der Waals surface area contributed by atoms with E-state index in [1.165, 1.54) is 12.3 Å². The number of rotatable bonds is 7. The first-order valence-electron chi connectivity index (χ1n) is 7.56. The molecule has 0 atom stereocenters. The van der Waals surface area contributed by atoms with Crippen LogP contribution in [0.1, 0.15) is 25.0 Å². The maximum Gasteiger partial charge on any atom is 0.276 e. The molecular formula is C17H20N2O4S. The summed E-state index contributed by atoms with van der Waals surface area (Å²) in [4.78, 5) is 2.32. The highest BCUT2D eigenvalue weighted by molar-refractivity contribution is 7.89. The Morgan fingerprint density at radius 2 is 1.88 bits per heavy atom. The number of nitrogens with one attached hydrogen (secondary N) is 1. The molecule has 0 saturated heterocycles. The summed E-state index contributed by atoms with van der Waals surface area (Å²) >= 11 is 0. The van der Waals surface area contributed by atoms with Gasteiger partial charge in [-0.1, -0.05) is 19.1 Å². The van der Waals surface area contributed by atoms with Gasteiger partial charge in [0, 0.05) is 0 Å². The van der Waals surface area contributed by atoms with Gasteiger partial charge in [0.1, 0.15) is 0 Å². The van der Waals surface area contributed by atoms with E-state index in [2.05, 4.69) is 9.93 Å². The van der Waals surface area contributed by atoms with Gasteiger partial charge < -0.3 is 9.84 Å². The minimum atomic E-state index is -3.71. The van der Waals surface area contributed by atoms with Crippen LogP contribution in [-0.4, -0.2) is 26.3 Å². The van der Waals surface area contributed by atoms with Crippen molar-refractivity contribution in [1.29, 1.82) is 0 Å². The molecule has 0 aromatic heterocycles. The molecule has 0 aliphatic carbocycles. The van der Waals surface area contributed by atoms with Crippen LogP contribution in [0, 0.1) is 0 Å². The van der Waals surface area contributed by atoms with Crippen LogP contribution >= 0.6 is 0 Å². The van der Waals surface area contributed by atoms with Crippen LogP contribution in [0.15, 0.2) is 52.5 Å². The highest BCUT2D eigenvalue weighted by Gasteiger charge is 2.12. The molecule has 2 aromatic carbocycles. The zero-order chi connectivity index (χ0) is 17.6. The first-order valence-corrected chi connectivity index (χ1v) is 9.04. The molecule has 0 aliphatic heterocycles. The fraction of sp³-hybridized carbons (Fsp3) is 0.235. The van der Waals surface area contributed by atoms with Crippen molar-refractivity contribution in [2.75, 3.05) is 6.61 Å². The van der Waals surface area contributed by atoms with Crippen molar-refractivity contribution < 1.29 is 18.3 Å². The smallest absolute Gasteiger partial charge is 0.276 e. The zero-order valence-corrected chi connectivity index (χ0v) is 14.4. The third kappa shape index (κ3) is 4.48. The Hall–Kier alpha value is -2.54. The molecule has 0 radical (unpaired) electrons. The van der Waals surface area contributed by atoms with Crippen LogP contribution in [-0.2, 0) is 16.4 Å². The van der Waals surface area contributed by atoms with E-state index in [0.29, 0.717) is 17.9 Å². The topological polar surface area (TPSA) is 88.0 Å². The highest BCUT2D eigenvalue weighted by atomic mass is 32.2. The Balaban J connectivity index is 2.10. The monoisotopic (exact) mass is 348 g/mol. The lowest BCUT2D eigenvalue weighted by molar-refractivity contribution is 0.318. The van der Waals surface area contributed by atoms with Crippen molar-refractivity contribution >= 4 is 16.2 Å². The van der Waals surface area contributed by atoms with E-state index in [0.717, 1.165) is 12.0 Å². The van der Waals surface area contributed by atoms with Crippen LogP contribution in [0.25, 0.3) is 0 Å². The Morgan fingerprint density at radius 1 is 1.17 bits per heavy atom. The number of sulfonamides is 1. The number of hydrogen-bond acceptors (Lipinski definition) is 5. The molecular weight excluding hydrogens is 328 g/mol. The Bertz CT molecular complexity index is 815. The highest BCUT2D eigenvalue weighted by Crippen LogP contribution is 2.26. The maximum absolute atomic E-state index is 12.2. The predicted molar refractivity (Wildman–Crippen MR) is 93.0 cm³/mol.